The van der Waals surface area contributed by atoms with Gasteiger partial charge in [-0.25, -0.2) is 0 Å². The van der Waals surface area contributed by atoms with Gasteiger partial charge in [-0.2, -0.15) is 5.10 Å². The second kappa shape index (κ2) is 4.51. The summed E-state index contributed by atoms with van der Waals surface area (Å²) in [7, 11) is 0.330. The summed E-state index contributed by atoms with van der Waals surface area (Å²) in [6.45, 7) is 0. The molecule has 0 saturated carbocycles. The van der Waals surface area contributed by atoms with Crippen LogP contribution in [-0.4, -0.2) is 26.9 Å². The molecule has 1 aromatic carbocycles. The Morgan fingerprint density at radius 3 is 2.56 bits per heavy atom. The number of benzene rings is 1. The van der Waals surface area contributed by atoms with Crippen LogP contribution in [0.5, 0.6) is 0 Å². The van der Waals surface area contributed by atoms with Crippen molar-refractivity contribution in [1.82, 2.24) is 9.78 Å². The average Bonchev–Trinajstić information content (AvgIpc) is 2.62. The lowest BCUT2D eigenvalue weighted by molar-refractivity contribution is 0.425. The van der Waals surface area contributed by atoms with E-state index in [1.54, 1.807) is 11.7 Å². The van der Waals surface area contributed by atoms with Gasteiger partial charge in [-0.1, -0.05) is 30.3 Å². The van der Waals surface area contributed by atoms with Crippen LogP contribution in [0, 0.1) is 0 Å². The van der Waals surface area contributed by atoms with Crippen LogP contribution >= 0.6 is 0 Å². The van der Waals surface area contributed by atoms with E-state index in [0.29, 0.717) is 11.9 Å². The normalized spacial score (nSPS) is 10.4. The second-order valence-electron chi connectivity index (χ2n) is 3.71. The molecule has 2 N–H and O–H groups in total. The minimum absolute atomic E-state index is 0.464. The minimum Gasteiger partial charge on any atom is -0.423 e. The van der Waals surface area contributed by atoms with Crippen LogP contribution in [0.4, 0.5) is 0 Å². The Bertz CT molecular complexity index is 468. The van der Waals surface area contributed by atoms with Gasteiger partial charge >= 0.3 is 7.12 Å². The van der Waals surface area contributed by atoms with E-state index in [9.17, 15) is 10.0 Å². The van der Waals surface area contributed by atoms with Crippen LogP contribution < -0.4 is 5.46 Å². The number of hydrogen-bond donors (Lipinski definition) is 2. The van der Waals surface area contributed by atoms with E-state index in [0.717, 1.165) is 11.3 Å². The molecule has 0 fully saturated rings. The quantitative estimate of drug-likeness (QED) is 0.692. The third-order valence-corrected chi connectivity index (χ3v) is 2.59. The zero-order valence-corrected chi connectivity index (χ0v) is 9.04. The molecular formula is C11H13BN2O2. The molecule has 0 atom stereocenters. The van der Waals surface area contributed by atoms with Crippen molar-refractivity contribution in [1.29, 1.82) is 0 Å². The van der Waals surface area contributed by atoms with E-state index < -0.39 is 7.12 Å². The zero-order chi connectivity index (χ0) is 11.5. The van der Waals surface area contributed by atoms with Crippen molar-refractivity contribution in [2.45, 2.75) is 6.42 Å². The van der Waals surface area contributed by atoms with Crippen LogP contribution in [0.3, 0.4) is 0 Å². The summed E-state index contributed by atoms with van der Waals surface area (Å²) in [6, 6.07) is 9.87. The molecule has 0 aliphatic carbocycles. The molecule has 0 aliphatic heterocycles. The largest absolute Gasteiger partial charge is 0.491 e. The van der Waals surface area contributed by atoms with Gasteiger partial charge in [0.15, 0.2) is 0 Å². The van der Waals surface area contributed by atoms with Crippen LogP contribution in [0.2, 0.25) is 0 Å². The minimum atomic E-state index is -1.47. The maximum Gasteiger partial charge on any atom is 0.491 e. The molecule has 1 heterocycles. The number of rotatable bonds is 3. The SMILES string of the molecule is Cn1ncc(B(O)O)c1Cc1ccccc1. The highest BCUT2D eigenvalue weighted by Crippen LogP contribution is 2.06. The van der Waals surface area contributed by atoms with Crippen molar-refractivity contribution < 1.29 is 10.0 Å². The molecule has 4 nitrogen and oxygen atoms in total. The first-order chi connectivity index (χ1) is 7.68. The smallest absolute Gasteiger partial charge is 0.423 e. The van der Waals surface area contributed by atoms with Crippen molar-refractivity contribution >= 4 is 12.6 Å². The lowest BCUT2D eigenvalue weighted by atomic mass is 9.79. The fourth-order valence-electron chi connectivity index (χ4n) is 1.70. The van der Waals surface area contributed by atoms with Crippen molar-refractivity contribution in [3.05, 3.63) is 47.8 Å². The summed E-state index contributed by atoms with van der Waals surface area (Å²) in [5.41, 5.74) is 2.40. The molecule has 5 heteroatoms. The Hall–Kier alpha value is -1.59. The number of nitrogens with zero attached hydrogens (tertiary/aromatic N) is 2. The van der Waals surface area contributed by atoms with Gasteiger partial charge in [-0.05, 0) is 5.56 Å². The van der Waals surface area contributed by atoms with Gasteiger partial charge < -0.3 is 10.0 Å². The van der Waals surface area contributed by atoms with Crippen molar-refractivity contribution in [3.63, 3.8) is 0 Å². The van der Waals surface area contributed by atoms with Crippen LogP contribution in [0.1, 0.15) is 11.3 Å². The summed E-state index contributed by atoms with van der Waals surface area (Å²) in [5.74, 6) is 0. The molecular weight excluding hydrogens is 203 g/mol. The maximum atomic E-state index is 9.20. The van der Waals surface area contributed by atoms with Gasteiger partial charge in [0.25, 0.3) is 0 Å². The molecule has 0 aliphatic rings. The highest BCUT2D eigenvalue weighted by molar-refractivity contribution is 6.59. The Kier molecular flexibility index (Phi) is 3.08. The van der Waals surface area contributed by atoms with Gasteiger partial charge in [-0.15, -0.1) is 0 Å². The Balaban J connectivity index is 2.31. The summed E-state index contributed by atoms with van der Waals surface area (Å²) < 4.78 is 1.67. The lowest BCUT2D eigenvalue weighted by Gasteiger charge is -2.05. The van der Waals surface area contributed by atoms with Crippen molar-refractivity contribution in [2.75, 3.05) is 0 Å². The first kappa shape index (κ1) is 10.9. The van der Waals surface area contributed by atoms with Crippen LogP contribution in [0.25, 0.3) is 0 Å². The first-order valence-electron chi connectivity index (χ1n) is 5.09. The van der Waals surface area contributed by atoms with Gasteiger partial charge in [0.05, 0.1) is 0 Å². The molecule has 16 heavy (non-hydrogen) atoms. The molecule has 0 unspecified atom stereocenters. The Morgan fingerprint density at radius 1 is 1.25 bits per heavy atom. The van der Waals surface area contributed by atoms with Crippen LogP contribution in [0.15, 0.2) is 36.5 Å². The summed E-state index contributed by atoms with van der Waals surface area (Å²) in [6.07, 6.45) is 2.13. The number of aromatic nitrogens is 2. The van der Waals surface area contributed by atoms with E-state index >= 15 is 0 Å². The van der Waals surface area contributed by atoms with Gasteiger partial charge in [0, 0.05) is 30.8 Å². The Morgan fingerprint density at radius 2 is 1.94 bits per heavy atom. The predicted octanol–water partition coefficient (Wildman–Crippen LogP) is -0.309. The highest BCUT2D eigenvalue weighted by Gasteiger charge is 2.19. The fraction of sp³-hybridized carbons (Fsp3) is 0.182. The van der Waals surface area contributed by atoms with Gasteiger partial charge in [0.1, 0.15) is 0 Å². The fourth-order valence-corrected chi connectivity index (χ4v) is 1.70. The second-order valence-corrected chi connectivity index (χ2v) is 3.71. The third-order valence-electron chi connectivity index (χ3n) is 2.59. The van der Waals surface area contributed by atoms with E-state index in [1.807, 2.05) is 30.3 Å². The molecule has 0 radical (unpaired) electrons. The molecule has 2 aromatic rings. The van der Waals surface area contributed by atoms with E-state index in [4.69, 9.17) is 0 Å². The lowest BCUT2D eigenvalue weighted by Crippen LogP contribution is -2.32. The van der Waals surface area contributed by atoms with Crippen LogP contribution in [-0.2, 0) is 13.5 Å². The molecule has 0 spiro atoms. The van der Waals surface area contributed by atoms with Gasteiger partial charge in [-0.3, -0.25) is 4.68 Å². The molecule has 0 saturated heterocycles. The highest BCUT2D eigenvalue weighted by atomic mass is 16.4. The topological polar surface area (TPSA) is 58.3 Å². The predicted molar refractivity (Wildman–Crippen MR) is 62.3 cm³/mol. The molecule has 2 rings (SSSR count). The molecule has 1 aromatic heterocycles. The molecule has 82 valence electrons. The number of aryl methyl sites for hydroxylation is 1. The monoisotopic (exact) mass is 216 g/mol. The first-order valence-corrected chi connectivity index (χ1v) is 5.09. The van der Waals surface area contributed by atoms with E-state index in [2.05, 4.69) is 5.10 Å². The zero-order valence-electron chi connectivity index (χ0n) is 9.04. The average molecular weight is 216 g/mol. The van der Waals surface area contributed by atoms with Crippen molar-refractivity contribution in [3.8, 4) is 0 Å². The van der Waals surface area contributed by atoms with E-state index in [1.165, 1.54) is 6.20 Å². The third kappa shape index (κ3) is 2.15. The summed E-state index contributed by atoms with van der Waals surface area (Å²) in [4.78, 5) is 0. The molecule has 0 bridgehead atoms. The maximum absolute atomic E-state index is 9.20. The number of hydrogen-bond acceptors (Lipinski definition) is 3. The summed E-state index contributed by atoms with van der Waals surface area (Å²) in [5, 5.41) is 22.4. The molecule has 0 amide bonds. The Labute approximate surface area is 94.3 Å². The van der Waals surface area contributed by atoms with Crippen molar-refractivity contribution in [2.24, 2.45) is 7.05 Å². The van der Waals surface area contributed by atoms with Gasteiger partial charge in [0.2, 0.25) is 0 Å². The van der Waals surface area contributed by atoms with E-state index in [-0.39, 0.29) is 0 Å². The summed E-state index contributed by atoms with van der Waals surface area (Å²) >= 11 is 0. The standard InChI is InChI=1S/C11H13BN2O2/c1-14-11(10(8-13-14)12(15)16)7-9-5-3-2-4-6-9/h2-6,8,15-16H,7H2,1H3.